The highest BCUT2D eigenvalue weighted by Crippen LogP contribution is 2.78. The van der Waals surface area contributed by atoms with Crippen molar-refractivity contribution in [3.05, 3.63) is 34.7 Å². The number of alkyl halides is 6. The lowest BCUT2D eigenvalue weighted by Gasteiger charge is -2.39. The first kappa shape index (κ1) is 21.1. The second-order valence-corrected chi connectivity index (χ2v) is 10.0. The molecule has 1 unspecified atom stereocenters. The third-order valence-electron chi connectivity index (χ3n) is 3.74. The Hall–Kier alpha value is -1.20. The highest BCUT2D eigenvalue weighted by Gasteiger charge is 2.63. The molecule has 11 heteroatoms. The monoisotopic (exact) mass is 422 g/mol. The van der Waals surface area contributed by atoms with E-state index in [1.165, 1.54) is 18.2 Å². The topological polar surface area (TPSA) is 43.4 Å². The Bertz CT molecular complexity index is 798. The molecule has 1 aliphatic heterocycles. The molecule has 1 aliphatic rings. The Labute approximate surface area is 148 Å². The summed E-state index contributed by atoms with van der Waals surface area (Å²) in [5.74, 6) is 0. The van der Waals surface area contributed by atoms with Gasteiger partial charge in [-0.1, -0.05) is 38.0 Å². The summed E-state index contributed by atoms with van der Waals surface area (Å²) in [6, 6.07) is 4.88. The SMILES string of the molecule is CCCCCC1=Cc2ccccc2S1(OS(=O)(=O)C(F)(F)F)C(F)(F)F. The van der Waals surface area contributed by atoms with Crippen LogP contribution in [0.2, 0.25) is 0 Å². The zero-order valence-corrected chi connectivity index (χ0v) is 15.2. The molecule has 1 aromatic rings. The third-order valence-corrected chi connectivity index (χ3v) is 8.55. The first-order valence-corrected chi connectivity index (χ1v) is 10.5. The van der Waals surface area contributed by atoms with E-state index in [2.05, 4.69) is 3.63 Å². The maximum atomic E-state index is 14.0. The molecule has 0 bridgehead atoms. The highest BCUT2D eigenvalue weighted by atomic mass is 32.3. The molecule has 0 aliphatic carbocycles. The van der Waals surface area contributed by atoms with Crippen molar-refractivity contribution >= 4 is 26.5 Å². The number of fused-ring (bicyclic) bond motifs is 1. The van der Waals surface area contributed by atoms with Crippen LogP contribution in [0.5, 0.6) is 0 Å². The standard InChI is InChI=1S/C15H16F6O3S2/c1-2-3-4-8-12-10-11-7-5-6-9-13(11)25(12,14(16,17)18)24-26(22,23)15(19,20)21/h5-7,9-10H,2-4,8H2,1H3. The van der Waals surface area contributed by atoms with Crippen molar-refractivity contribution in [2.45, 2.75) is 48.5 Å². The largest absolute Gasteiger partial charge is 0.523 e. The van der Waals surface area contributed by atoms with Crippen molar-refractivity contribution in [2.24, 2.45) is 0 Å². The van der Waals surface area contributed by atoms with Crippen molar-refractivity contribution in [1.29, 1.82) is 0 Å². The number of rotatable bonds is 6. The van der Waals surface area contributed by atoms with Gasteiger partial charge >= 0.3 is 21.1 Å². The summed E-state index contributed by atoms with van der Waals surface area (Å²) in [6.07, 6.45) is 2.39. The van der Waals surface area contributed by atoms with Crippen LogP contribution in [-0.4, -0.2) is 19.4 Å². The molecule has 0 saturated heterocycles. The van der Waals surface area contributed by atoms with E-state index in [0.29, 0.717) is 12.8 Å². The van der Waals surface area contributed by atoms with Gasteiger partial charge in [-0.15, -0.1) is 0 Å². The molecular formula is C15H16F6O3S2. The van der Waals surface area contributed by atoms with Gasteiger partial charge in [-0.3, -0.25) is 0 Å². The van der Waals surface area contributed by atoms with E-state index in [0.717, 1.165) is 12.1 Å². The van der Waals surface area contributed by atoms with Crippen LogP contribution >= 0.6 is 10.3 Å². The van der Waals surface area contributed by atoms with Crippen LogP contribution in [-0.2, 0) is 13.7 Å². The summed E-state index contributed by atoms with van der Waals surface area (Å²) in [5.41, 5.74) is -11.3. The van der Waals surface area contributed by atoms with Crippen LogP contribution in [0.25, 0.3) is 6.08 Å². The zero-order chi connectivity index (χ0) is 19.8. The van der Waals surface area contributed by atoms with Crippen LogP contribution in [0.15, 0.2) is 34.1 Å². The minimum atomic E-state index is -6.45. The fourth-order valence-corrected chi connectivity index (χ4v) is 7.21. The summed E-state index contributed by atoms with van der Waals surface area (Å²) in [5, 5.41) is 0. The molecule has 0 saturated carbocycles. The van der Waals surface area contributed by atoms with Gasteiger partial charge in [-0.25, -0.2) is 0 Å². The van der Waals surface area contributed by atoms with Crippen LogP contribution in [0, 0.1) is 0 Å². The molecule has 0 fully saturated rings. The molecule has 1 atom stereocenters. The van der Waals surface area contributed by atoms with Crippen molar-refractivity contribution in [1.82, 2.24) is 0 Å². The quantitative estimate of drug-likeness (QED) is 0.317. The van der Waals surface area contributed by atoms with E-state index in [1.54, 1.807) is 0 Å². The Morgan fingerprint density at radius 3 is 2.19 bits per heavy atom. The van der Waals surface area contributed by atoms with E-state index in [-0.39, 0.29) is 18.4 Å². The lowest BCUT2D eigenvalue weighted by molar-refractivity contribution is -0.0546. The van der Waals surface area contributed by atoms with Crippen molar-refractivity contribution in [2.75, 3.05) is 0 Å². The third kappa shape index (κ3) is 3.61. The minimum Gasteiger partial charge on any atom is -0.196 e. The maximum absolute atomic E-state index is 14.0. The predicted molar refractivity (Wildman–Crippen MR) is 86.5 cm³/mol. The van der Waals surface area contributed by atoms with Crippen LogP contribution < -0.4 is 0 Å². The lowest BCUT2D eigenvalue weighted by atomic mass is 10.1. The van der Waals surface area contributed by atoms with E-state index < -0.39 is 41.2 Å². The first-order chi connectivity index (χ1) is 11.9. The number of benzene rings is 1. The second kappa shape index (κ2) is 7.08. The Morgan fingerprint density at radius 1 is 1.04 bits per heavy atom. The average molecular weight is 422 g/mol. The number of allylic oxidation sites excluding steroid dienone is 1. The summed E-state index contributed by atoms with van der Waals surface area (Å²) in [6.45, 7) is 1.81. The molecule has 3 nitrogen and oxygen atoms in total. The Balaban J connectivity index is 2.65. The average Bonchev–Trinajstić information content (AvgIpc) is 2.81. The highest BCUT2D eigenvalue weighted by molar-refractivity contribution is 8.37. The van der Waals surface area contributed by atoms with E-state index in [4.69, 9.17) is 0 Å². The summed E-state index contributed by atoms with van der Waals surface area (Å²) in [7, 11) is -11.3. The smallest absolute Gasteiger partial charge is 0.196 e. The van der Waals surface area contributed by atoms with Crippen molar-refractivity contribution in [3.63, 3.8) is 0 Å². The van der Waals surface area contributed by atoms with E-state index in [9.17, 15) is 34.8 Å². The van der Waals surface area contributed by atoms with Gasteiger partial charge in [0.15, 0.2) is 0 Å². The number of hydrogen-bond acceptors (Lipinski definition) is 3. The Kier molecular flexibility index (Phi) is 5.75. The van der Waals surface area contributed by atoms with Crippen LogP contribution in [0.1, 0.15) is 38.2 Å². The van der Waals surface area contributed by atoms with Gasteiger partial charge in [0.25, 0.3) is 0 Å². The van der Waals surface area contributed by atoms with Crippen LogP contribution in [0.3, 0.4) is 0 Å². The number of unbranched alkanes of at least 4 members (excludes halogenated alkanes) is 2. The second-order valence-electron chi connectivity index (χ2n) is 5.58. The molecule has 0 spiro atoms. The summed E-state index contributed by atoms with van der Waals surface area (Å²) < 4.78 is 107. The van der Waals surface area contributed by atoms with Gasteiger partial charge in [-0.05, 0) is 30.5 Å². The van der Waals surface area contributed by atoms with Gasteiger partial charge in [0.1, 0.15) is 0 Å². The molecule has 0 radical (unpaired) electrons. The predicted octanol–water partition coefficient (Wildman–Crippen LogP) is 6.09. The fraction of sp³-hybridized carbons (Fsp3) is 0.467. The first-order valence-electron chi connectivity index (χ1n) is 7.58. The molecule has 2 rings (SSSR count). The molecular weight excluding hydrogens is 406 g/mol. The molecule has 1 aromatic carbocycles. The maximum Gasteiger partial charge on any atom is 0.523 e. The van der Waals surface area contributed by atoms with E-state index >= 15 is 0 Å². The van der Waals surface area contributed by atoms with Gasteiger partial charge in [0.05, 0.1) is 0 Å². The van der Waals surface area contributed by atoms with E-state index in [1.807, 2.05) is 6.92 Å². The summed E-state index contributed by atoms with van der Waals surface area (Å²) in [4.78, 5) is -1.04. The molecule has 148 valence electrons. The van der Waals surface area contributed by atoms with Crippen molar-refractivity contribution < 1.29 is 38.4 Å². The van der Waals surface area contributed by atoms with Gasteiger partial charge in [0, 0.05) is 20.1 Å². The van der Waals surface area contributed by atoms with Gasteiger partial charge in [-0.2, -0.15) is 38.4 Å². The minimum absolute atomic E-state index is 0.0173. The fourth-order valence-electron chi connectivity index (χ4n) is 2.59. The molecule has 0 aromatic heterocycles. The Morgan fingerprint density at radius 2 is 1.65 bits per heavy atom. The van der Waals surface area contributed by atoms with Gasteiger partial charge in [0.2, 0.25) is 0 Å². The van der Waals surface area contributed by atoms with Gasteiger partial charge < -0.3 is 0 Å². The summed E-state index contributed by atoms with van der Waals surface area (Å²) >= 11 is 0. The zero-order valence-electron chi connectivity index (χ0n) is 13.5. The molecule has 0 N–H and O–H groups in total. The van der Waals surface area contributed by atoms with Crippen molar-refractivity contribution in [3.8, 4) is 0 Å². The number of hydrogen-bond donors (Lipinski definition) is 0. The normalized spacial score (nSPS) is 23.3. The molecule has 26 heavy (non-hydrogen) atoms. The molecule has 1 heterocycles. The number of halogens is 6. The molecule has 0 amide bonds. The van der Waals surface area contributed by atoms with Crippen LogP contribution in [0.4, 0.5) is 26.3 Å². The lowest BCUT2D eigenvalue weighted by Crippen LogP contribution is -2.32.